The number of anilines is 2. The van der Waals surface area contributed by atoms with Gasteiger partial charge in [-0.3, -0.25) is 0 Å². The van der Waals surface area contributed by atoms with E-state index in [0.29, 0.717) is 29.0 Å². The summed E-state index contributed by atoms with van der Waals surface area (Å²) in [7, 11) is -0.376. The molecule has 0 spiro atoms. The van der Waals surface area contributed by atoms with Gasteiger partial charge >= 0.3 is 0 Å². The van der Waals surface area contributed by atoms with Crippen LogP contribution in [-0.2, 0) is 10.0 Å². The molecule has 0 aliphatic heterocycles. The summed E-state index contributed by atoms with van der Waals surface area (Å²) >= 11 is 0. The number of sulfonamides is 1. The third kappa shape index (κ3) is 5.55. The monoisotopic (exact) mass is 459 g/mol. The molecule has 4 rings (SSSR count). The van der Waals surface area contributed by atoms with Gasteiger partial charge in [-0.25, -0.2) is 12.7 Å². The van der Waals surface area contributed by atoms with E-state index in [-0.39, 0.29) is 0 Å². The number of rotatable bonds is 6. The van der Waals surface area contributed by atoms with E-state index in [4.69, 9.17) is 0 Å². The van der Waals surface area contributed by atoms with Crippen molar-refractivity contribution in [1.82, 2.24) is 23.9 Å². The van der Waals surface area contributed by atoms with Crippen molar-refractivity contribution in [2.24, 2.45) is 0 Å². The highest BCUT2D eigenvalue weighted by molar-refractivity contribution is 7.93. The largest absolute Gasteiger partial charge is 0.367 e. The number of aromatic nitrogens is 4. The van der Waals surface area contributed by atoms with Crippen molar-refractivity contribution in [2.45, 2.75) is 58.4 Å². The summed E-state index contributed by atoms with van der Waals surface area (Å²) in [5, 5.41) is 11.1. The van der Waals surface area contributed by atoms with Crippen LogP contribution in [-0.4, -0.2) is 52.4 Å². The van der Waals surface area contributed by atoms with Crippen LogP contribution in [0.1, 0.15) is 52.4 Å². The Morgan fingerprint density at radius 3 is 2.59 bits per heavy atom. The first-order valence-electron chi connectivity index (χ1n) is 11.2. The molecular weight excluding hydrogens is 426 g/mol. The standard InChI is InChI=1S/C20H27N7O2S.C2H6/c1-26(2)30(28,29)17-10-6-9-16(11-12-17)24-19-13-18(23-15-7-4-3-5-8-15)25-20-21-14-22-27(19)20;1-2/h6,9,11-15,24H,3-5,7-8,10H2,1-2H3,(H,21,22,23,25);1-2H3. The summed E-state index contributed by atoms with van der Waals surface area (Å²) in [5.41, 5.74) is 0.755. The van der Waals surface area contributed by atoms with Gasteiger partial charge in [-0.2, -0.15) is 19.6 Å². The van der Waals surface area contributed by atoms with E-state index in [1.165, 1.54) is 44.0 Å². The number of nitrogens with one attached hydrogen (secondary N) is 2. The van der Waals surface area contributed by atoms with Gasteiger partial charge in [0, 0.05) is 38.3 Å². The van der Waals surface area contributed by atoms with Crippen LogP contribution in [0.3, 0.4) is 0 Å². The van der Waals surface area contributed by atoms with Crippen LogP contribution in [0.15, 0.2) is 47.3 Å². The predicted octanol–water partition coefficient (Wildman–Crippen LogP) is 3.93. The van der Waals surface area contributed by atoms with Crippen LogP contribution in [0.5, 0.6) is 0 Å². The smallest absolute Gasteiger partial charge is 0.256 e. The van der Waals surface area contributed by atoms with Gasteiger partial charge in [0.05, 0.1) is 4.91 Å². The molecule has 0 aromatic carbocycles. The first-order valence-corrected chi connectivity index (χ1v) is 12.6. The molecule has 1 fully saturated rings. The molecule has 32 heavy (non-hydrogen) atoms. The zero-order chi connectivity index (χ0) is 23.1. The van der Waals surface area contributed by atoms with Crippen molar-refractivity contribution in [3.05, 3.63) is 47.3 Å². The normalized spacial score (nSPS) is 17.3. The first kappa shape index (κ1) is 23.9. The summed E-state index contributed by atoms with van der Waals surface area (Å²) in [6, 6.07) is 2.33. The lowest BCUT2D eigenvalue weighted by Gasteiger charge is -2.23. The molecule has 10 heteroatoms. The number of allylic oxidation sites excluding steroid dienone is 5. The zero-order valence-corrected chi connectivity index (χ0v) is 20.1. The SMILES string of the molecule is CC.CN(C)S(=O)(=O)C1=CC=C(Nc2cc(NC3CCCCC3)nc3ncnn23)C=CC1. The van der Waals surface area contributed by atoms with E-state index in [2.05, 4.69) is 25.7 Å². The molecule has 174 valence electrons. The fourth-order valence-electron chi connectivity index (χ4n) is 3.70. The molecule has 0 amide bonds. The quantitative estimate of drug-likeness (QED) is 0.674. The minimum atomic E-state index is -3.45. The molecule has 2 aromatic heterocycles. The molecule has 2 N–H and O–H groups in total. The van der Waals surface area contributed by atoms with Gasteiger partial charge in [-0.15, -0.1) is 0 Å². The Morgan fingerprint density at radius 2 is 1.88 bits per heavy atom. The van der Waals surface area contributed by atoms with Crippen LogP contribution < -0.4 is 10.6 Å². The van der Waals surface area contributed by atoms with E-state index < -0.39 is 10.0 Å². The second-order valence-corrected chi connectivity index (χ2v) is 9.96. The van der Waals surface area contributed by atoms with Crippen molar-refractivity contribution in [3.63, 3.8) is 0 Å². The van der Waals surface area contributed by atoms with Crippen LogP contribution >= 0.6 is 0 Å². The molecule has 0 radical (unpaired) electrons. The van der Waals surface area contributed by atoms with Crippen LogP contribution in [0.2, 0.25) is 0 Å². The Labute approximate surface area is 190 Å². The van der Waals surface area contributed by atoms with E-state index in [9.17, 15) is 8.42 Å². The van der Waals surface area contributed by atoms with Gasteiger partial charge in [-0.1, -0.05) is 39.2 Å². The van der Waals surface area contributed by atoms with Gasteiger partial charge in [0.15, 0.2) is 0 Å². The lowest BCUT2D eigenvalue weighted by molar-refractivity contribution is 0.462. The van der Waals surface area contributed by atoms with Crippen LogP contribution in [0.4, 0.5) is 11.6 Å². The maximum Gasteiger partial charge on any atom is 0.256 e. The van der Waals surface area contributed by atoms with Gasteiger partial charge in [0.1, 0.15) is 18.0 Å². The van der Waals surface area contributed by atoms with Gasteiger partial charge in [0.25, 0.3) is 5.78 Å². The number of hydrogen-bond donors (Lipinski definition) is 2. The lowest BCUT2D eigenvalue weighted by Crippen LogP contribution is -2.23. The Kier molecular flexibility index (Phi) is 8.03. The average Bonchev–Trinajstić information content (AvgIpc) is 3.14. The number of fused-ring (bicyclic) bond motifs is 1. The van der Waals surface area contributed by atoms with E-state index in [1.54, 1.807) is 16.7 Å². The van der Waals surface area contributed by atoms with Gasteiger partial charge in [-0.05, 0) is 31.1 Å². The molecular formula is C22H33N7O2S. The molecule has 2 aliphatic rings. The maximum absolute atomic E-state index is 12.4. The molecule has 9 nitrogen and oxygen atoms in total. The Balaban J connectivity index is 0.00000141. The van der Waals surface area contributed by atoms with E-state index >= 15 is 0 Å². The summed E-state index contributed by atoms with van der Waals surface area (Å²) < 4.78 is 27.7. The first-order chi connectivity index (χ1) is 15.4. The molecule has 2 aromatic rings. The topological polar surface area (TPSA) is 105 Å². The molecule has 0 unspecified atom stereocenters. The van der Waals surface area contributed by atoms with Gasteiger partial charge in [0.2, 0.25) is 10.0 Å². The summed E-state index contributed by atoms with van der Waals surface area (Å²) in [5.74, 6) is 1.97. The average molecular weight is 460 g/mol. The highest BCUT2D eigenvalue weighted by Gasteiger charge is 2.20. The van der Waals surface area contributed by atoms with E-state index in [1.807, 2.05) is 32.1 Å². The highest BCUT2D eigenvalue weighted by atomic mass is 32.2. The molecule has 2 aliphatic carbocycles. The predicted molar refractivity (Wildman–Crippen MR) is 129 cm³/mol. The minimum Gasteiger partial charge on any atom is -0.367 e. The summed E-state index contributed by atoms with van der Waals surface area (Å²) in [4.78, 5) is 9.15. The van der Waals surface area contributed by atoms with Crippen molar-refractivity contribution in [2.75, 3.05) is 24.7 Å². The Hall–Kier alpha value is -2.72. The van der Waals surface area contributed by atoms with Crippen LogP contribution in [0.25, 0.3) is 5.78 Å². The van der Waals surface area contributed by atoms with Crippen molar-refractivity contribution in [3.8, 4) is 0 Å². The lowest BCUT2D eigenvalue weighted by atomic mass is 9.95. The second kappa shape index (κ2) is 10.7. The fraction of sp³-hybridized carbons (Fsp3) is 0.500. The van der Waals surface area contributed by atoms with Gasteiger partial charge < -0.3 is 10.6 Å². The van der Waals surface area contributed by atoms with Crippen molar-refractivity contribution < 1.29 is 8.42 Å². The number of hydrogen-bond acceptors (Lipinski definition) is 7. The van der Waals surface area contributed by atoms with Crippen molar-refractivity contribution >= 4 is 27.4 Å². The Morgan fingerprint density at radius 1 is 1.12 bits per heavy atom. The maximum atomic E-state index is 12.4. The Bertz CT molecular complexity index is 1110. The molecule has 2 heterocycles. The van der Waals surface area contributed by atoms with Crippen LogP contribution in [0, 0.1) is 0 Å². The molecule has 0 saturated heterocycles. The zero-order valence-electron chi connectivity index (χ0n) is 19.2. The molecule has 0 atom stereocenters. The highest BCUT2D eigenvalue weighted by Crippen LogP contribution is 2.24. The van der Waals surface area contributed by atoms with E-state index in [0.717, 1.165) is 24.4 Å². The third-order valence-electron chi connectivity index (χ3n) is 5.36. The third-order valence-corrected chi connectivity index (χ3v) is 7.29. The minimum absolute atomic E-state index is 0.339. The molecule has 0 bridgehead atoms. The molecule has 1 saturated carbocycles. The summed E-state index contributed by atoms with van der Waals surface area (Å²) in [6.45, 7) is 4.00. The van der Waals surface area contributed by atoms with Crippen molar-refractivity contribution in [1.29, 1.82) is 0 Å². The summed E-state index contributed by atoms with van der Waals surface area (Å²) in [6.07, 6.45) is 15.0. The number of nitrogens with zero attached hydrogens (tertiary/aromatic N) is 5. The fourth-order valence-corrected chi connectivity index (χ4v) is 4.71. The second-order valence-electron chi connectivity index (χ2n) is 7.75.